The normalized spacial score (nSPS) is 18.4. The average Bonchev–Trinajstić information content (AvgIpc) is 3.10. The van der Waals surface area contributed by atoms with Gasteiger partial charge in [-0.15, -0.1) is 0 Å². The van der Waals surface area contributed by atoms with E-state index in [4.69, 9.17) is 14.0 Å². The van der Waals surface area contributed by atoms with E-state index < -0.39 is 0 Å². The second-order valence-corrected chi connectivity index (χ2v) is 8.43. The lowest BCUT2D eigenvalue weighted by molar-refractivity contribution is -0.132. The number of methoxy groups -OCH3 is 2. The maximum Gasteiger partial charge on any atom is 0.241 e. The summed E-state index contributed by atoms with van der Waals surface area (Å²) in [6, 6.07) is 5.52. The van der Waals surface area contributed by atoms with Gasteiger partial charge in [0.05, 0.1) is 32.9 Å². The number of carbonyl (C=O) groups excluding carboxylic acids is 1. The number of hydrogen-bond acceptors (Lipinski definition) is 8. The molecule has 2 saturated heterocycles. The molecule has 0 atom stereocenters. The van der Waals surface area contributed by atoms with Crippen LogP contribution >= 0.6 is 0 Å². The molecule has 1 aromatic carbocycles. The molecule has 0 spiro atoms. The van der Waals surface area contributed by atoms with Gasteiger partial charge in [-0.2, -0.15) is 4.98 Å². The average molecular weight is 444 g/mol. The van der Waals surface area contributed by atoms with Crippen LogP contribution in [0, 0.1) is 0 Å². The molecule has 0 N–H and O–H groups in total. The van der Waals surface area contributed by atoms with Gasteiger partial charge in [0.15, 0.2) is 0 Å². The Morgan fingerprint density at radius 1 is 0.969 bits per heavy atom. The zero-order valence-electron chi connectivity index (χ0n) is 19.1. The van der Waals surface area contributed by atoms with Gasteiger partial charge >= 0.3 is 0 Å². The Morgan fingerprint density at radius 2 is 1.69 bits per heavy atom. The van der Waals surface area contributed by atoms with Gasteiger partial charge in [0.2, 0.25) is 17.6 Å². The van der Waals surface area contributed by atoms with E-state index in [0.717, 1.165) is 57.7 Å². The van der Waals surface area contributed by atoms with Crippen LogP contribution in [0.1, 0.15) is 31.6 Å². The van der Waals surface area contributed by atoms with E-state index in [1.165, 1.54) is 12.8 Å². The zero-order valence-corrected chi connectivity index (χ0v) is 19.1. The van der Waals surface area contributed by atoms with Gasteiger partial charge in [-0.25, -0.2) is 0 Å². The predicted molar refractivity (Wildman–Crippen MR) is 120 cm³/mol. The number of piperazine rings is 1. The molecule has 0 saturated carbocycles. The minimum Gasteiger partial charge on any atom is -0.497 e. The van der Waals surface area contributed by atoms with Crippen molar-refractivity contribution in [2.24, 2.45) is 0 Å². The van der Waals surface area contributed by atoms with E-state index in [9.17, 15) is 4.79 Å². The highest BCUT2D eigenvalue weighted by molar-refractivity contribution is 5.78. The van der Waals surface area contributed by atoms with Crippen molar-refractivity contribution in [1.82, 2.24) is 24.8 Å². The smallest absolute Gasteiger partial charge is 0.241 e. The summed E-state index contributed by atoms with van der Waals surface area (Å²) < 4.78 is 16.2. The Balaban J connectivity index is 1.28. The van der Waals surface area contributed by atoms with Crippen LogP contribution in [0.25, 0.3) is 11.4 Å². The summed E-state index contributed by atoms with van der Waals surface area (Å²) in [5.41, 5.74) is 0.764. The standard InChI is InChI=1S/C23H33N5O4/c1-30-18-7-8-19(20(15-18)31-2)23-24-21(32-25-23)16-26-11-13-27(14-12-26)17-22(29)28-9-5-3-4-6-10-28/h7-8,15H,3-6,9-14,16-17H2,1-2H3. The van der Waals surface area contributed by atoms with Crippen molar-refractivity contribution in [2.75, 3.05) is 60.0 Å². The molecule has 1 amide bonds. The molecule has 2 aliphatic rings. The molecule has 2 aliphatic heterocycles. The van der Waals surface area contributed by atoms with Gasteiger partial charge in [0, 0.05) is 45.3 Å². The van der Waals surface area contributed by atoms with E-state index in [1.54, 1.807) is 20.3 Å². The maximum atomic E-state index is 12.6. The Labute approximate surface area is 189 Å². The SMILES string of the molecule is COc1ccc(-c2noc(CN3CCN(CC(=O)N4CCCCCC4)CC3)n2)c(OC)c1. The summed E-state index contributed by atoms with van der Waals surface area (Å²) in [5, 5.41) is 4.14. The lowest BCUT2D eigenvalue weighted by Gasteiger charge is -2.34. The number of amides is 1. The molecule has 32 heavy (non-hydrogen) atoms. The van der Waals surface area contributed by atoms with Crippen molar-refractivity contribution >= 4 is 5.91 Å². The lowest BCUT2D eigenvalue weighted by atomic mass is 10.2. The summed E-state index contributed by atoms with van der Waals surface area (Å²) >= 11 is 0. The van der Waals surface area contributed by atoms with Crippen LogP contribution in [0.15, 0.2) is 22.7 Å². The largest absolute Gasteiger partial charge is 0.497 e. The molecule has 2 aromatic rings. The molecule has 2 fully saturated rings. The number of benzene rings is 1. The maximum absolute atomic E-state index is 12.6. The highest BCUT2D eigenvalue weighted by atomic mass is 16.5. The van der Waals surface area contributed by atoms with Gasteiger partial charge in [0.25, 0.3) is 0 Å². The Morgan fingerprint density at radius 3 is 2.38 bits per heavy atom. The first-order valence-corrected chi connectivity index (χ1v) is 11.4. The quantitative estimate of drug-likeness (QED) is 0.644. The first kappa shape index (κ1) is 22.5. The molecule has 9 nitrogen and oxygen atoms in total. The van der Waals surface area contributed by atoms with Crippen LogP contribution in [0.2, 0.25) is 0 Å². The number of rotatable bonds is 7. The minimum atomic E-state index is 0.273. The fourth-order valence-electron chi connectivity index (χ4n) is 4.32. The van der Waals surface area contributed by atoms with Crippen LogP contribution < -0.4 is 9.47 Å². The summed E-state index contributed by atoms with van der Waals surface area (Å²) in [6.07, 6.45) is 4.75. The molecule has 174 valence electrons. The van der Waals surface area contributed by atoms with Crippen LogP contribution in [-0.2, 0) is 11.3 Å². The highest BCUT2D eigenvalue weighted by Gasteiger charge is 2.24. The van der Waals surface area contributed by atoms with E-state index in [1.807, 2.05) is 17.0 Å². The third-order valence-electron chi connectivity index (χ3n) is 6.26. The number of ether oxygens (including phenoxy) is 2. The van der Waals surface area contributed by atoms with E-state index >= 15 is 0 Å². The third-order valence-corrected chi connectivity index (χ3v) is 6.26. The van der Waals surface area contributed by atoms with Crippen molar-refractivity contribution in [3.63, 3.8) is 0 Å². The van der Waals surface area contributed by atoms with E-state index in [2.05, 4.69) is 19.9 Å². The molecule has 0 unspecified atom stereocenters. The summed E-state index contributed by atoms with van der Waals surface area (Å²) in [7, 11) is 3.22. The number of carbonyl (C=O) groups is 1. The Bertz CT molecular complexity index is 886. The number of hydrogen-bond donors (Lipinski definition) is 0. The summed E-state index contributed by atoms with van der Waals surface area (Å²) in [4.78, 5) is 23.8. The topological polar surface area (TPSA) is 84.2 Å². The predicted octanol–water partition coefficient (Wildman–Crippen LogP) is 2.27. The van der Waals surface area contributed by atoms with Crippen molar-refractivity contribution in [1.29, 1.82) is 0 Å². The highest BCUT2D eigenvalue weighted by Crippen LogP contribution is 2.31. The van der Waals surface area contributed by atoms with Crippen molar-refractivity contribution in [3.8, 4) is 22.9 Å². The first-order chi connectivity index (χ1) is 15.7. The fourth-order valence-corrected chi connectivity index (χ4v) is 4.32. The first-order valence-electron chi connectivity index (χ1n) is 11.4. The van der Waals surface area contributed by atoms with Crippen LogP contribution in [0.3, 0.4) is 0 Å². The van der Waals surface area contributed by atoms with Gasteiger partial charge in [0.1, 0.15) is 11.5 Å². The molecular weight excluding hydrogens is 410 g/mol. The van der Waals surface area contributed by atoms with Crippen LogP contribution in [0.5, 0.6) is 11.5 Å². The van der Waals surface area contributed by atoms with Crippen LogP contribution in [0.4, 0.5) is 0 Å². The second-order valence-electron chi connectivity index (χ2n) is 8.43. The molecule has 3 heterocycles. The number of aromatic nitrogens is 2. The lowest BCUT2D eigenvalue weighted by Crippen LogP contribution is -2.49. The molecule has 0 aliphatic carbocycles. The van der Waals surface area contributed by atoms with Gasteiger partial charge < -0.3 is 18.9 Å². The number of nitrogens with zero attached hydrogens (tertiary/aromatic N) is 5. The monoisotopic (exact) mass is 443 g/mol. The molecule has 1 aromatic heterocycles. The second kappa shape index (κ2) is 10.8. The van der Waals surface area contributed by atoms with Crippen LogP contribution in [-0.4, -0.2) is 90.8 Å². The molecule has 4 rings (SSSR count). The van der Waals surface area contributed by atoms with Crippen molar-refractivity contribution < 1.29 is 18.8 Å². The molecule has 0 bridgehead atoms. The van der Waals surface area contributed by atoms with Gasteiger partial charge in [-0.1, -0.05) is 18.0 Å². The number of likely N-dealkylation sites (tertiary alicyclic amines) is 1. The Kier molecular flexibility index (Phi) is 7.59. The third kappa shape index (κ3) is 5.58. The molecule has 9 heteroatoms. The fraction of sp³-hybridized carbons (Fsp3) is 0.609. The summed E-state index contributed by atoms with van der Waals surface area (Å²) in [6.45, 7) is 6.43. The molecule has 0 radical (unpaired) electrons. The van der Waals surface area contributed by atoms with Gasteiger partial charge in [-0.3, -0.25) is 14.6 Å². The van der Waals surface area contributed by atoms with E-state index in [0.29, 0.717) is 36.3 Å². The van der Waals surface area contributed by atoms with Crippen molar-refractivity contribution in [3.05, 3.63) is 24.1 Å². The zero-order chi connectivity index (χ0) is 22.3. The molecular formula is C23H33N5O4. The van der Waals surface area contributed by atoms with E-state index in [-0.39, 0.29) is 5.91 Å². The van der Waals surface area contributed by atoms with Crippen molar-refractivity contribution in [2.45, 2.75) is 32.2 Å². The van der Waals surface area contributed by atoms with Gasteiger partial charge in [-0.05, 0) is 25.0 Å². The minimum absolute atomic E-state index is 0.273. The Hall–Kier alpha value is -2.65. The summed E-state index contributed by atoms with van der Waals surface area (Å²) in [5.74, 6) is 2.70.